The van der Waals surface area contributed by atoms with Gasteiger partial charge in [0.1, 0.15) is 0 Å². The van der Waals surface area contributed by atoms with Crippen LogP contribution in [0.3, 0.4) is 0 Å². The number of rotatable bonds is 3. The number of hydrogen-bond acceptors (Lipinski definition) is 3. The number of nitrogens with two attached hydrogens (primary N) is 1. The van der Waals surface area contributed by atoms with Crippen LogP contribution in [0.15, 0.2) is 0 Å². The fourth-order valence-corrected chi connectivity index (χ4v) is 3.62. The molecule has 0 bridgehead atoms. The van der Waals surface area contributed by atoms with Crippen molar-refractivity contribution in [1.82, 2.24) is 4.31 Å². The summed E-state index contributed by atoms with van der Waals surface area (Å²) in [5.41, 5.74) is 5.29. The maximum Gasteiger partial charge on any atom is 0.215 e. The van der Waals surface area contributed by atoms with Crippen molar-refractivity contribution in [1.29, 1.82) is 0 Å². The number of piperidine rings is 1. The minimum Gasteiger partial charge on any atom is -0.329 e. The lowest BCUT2D eigenvalue weighted by atomic mass is 9.95. The maximum absolute atomic E-state index is 11.7. The van der Waals surface area contributed by atoms with Crippen molar-refractivity contribution in [2.75, 3.05) is 18.8 Å². The highest BCUT2D eigenvalue weighted by molar-refractivity contribution is 7.89. The van der Waals surface area contributed by atoms with Crippen molar-refractivity contribution >= 4 is 10.0 Å². The van der Waals surface area contributed by atoms with Crippen LogP contribution in [0.2, 0.25) is 0 Å². The third-order valence-electron chi connectivity index (χ3n) is 2.81. The van der Waals surface area contributed by atoms with Gasteiger partial charge in [0.2, 0.25) is 10.0 Å². The summed E-state index contributed by atoms with van der Waals surface area (Å²) >= 11 is 0. The Morgan fingerprint density at radius 1 is 1.43 bits per heavy atom. The van der Waals surface area contributed by atoms with Gasteiger partial charge in [-0.3, -0.25) is 0 Å². The van der Waals surface area contributed by atoms with Gasteiger partial charge in [-0.2, -0.15) is 4.31 Å². The Balaban J connectivity index is 2.69. The van der Waals surface area contributed by atoms with Gasteiger partial charge >= 0.3 is 0 Å². The molecule has 0 aliphatic carbocycles. The van der Waals surface area contributed by atoms with Crippen molar-refractivity contribution in [2.45, 2.75) is 32.7 Å². The fourth-order valence-electron chi connectivity index (χ4n) is 2.07. The highest BCUT2D eigenvalue weighted by atomic mass is 32.2. The summed E-state index contributed by atoms with van der Waals surface area (Å²) in [6, 6.07) is 0.135. The first-order valence-corrected chi connectivity index (χ1v) is 6.78. The second-order valence-electron chi connectivity index (χ2n) is 4.19. The lowest BCUT2D eigenvalue weighted by molar-refractivity contribution is 0.220. The molecular formula is C9H20N2O2S. The number of sulfonamides is 1. The predicted molar refractivity (Wildman–Crippen MR) is 57.4 cm³/mol. The van der Waals surface area contributed by atoms with Gasteiger partial charge in [-0.15, -0.1) is 0 Å². The van der Waals surface area contributed by atoms with E-state index >= 15 is 0 Å². The Labute approximate surface area is 86.5 Å². The predicted octanol–water partition coefficient (Wildman–Crippen LogP) is 0.395. The topological polar surface area (TPSA) is 63.4 Å². The second kappa shape index (κ2) is 4.59. The van der Waals surface area contributed by atoms with E-state index in [1.807, 2.05) is 6.92 Å². The Morgan fingerprint density at radius 2 is 2.07 bits per heavy atom. The number of hydrogen-bond donors (Lipinski definition) is 1. The summed E-state index contributed by atoms with van der Waals surface area (Å²) in [6.45, 7) is 5.01. The van der Waals surface area contributed by atoms with Crippen molar-refractivity contribution < 1.29 is 8.42 Å². The largest absolute Gasteiger partial charge is 0.329 e. The molecule has 0 aromatic carbocycles. The summed E-state index contributed by atoms with van der Waals surface area (Å²) in [5.74, 6) is 0.709. The summed E-state index contributed by atoms with van der Waals surface area (Å²) < 4.78 is 25.1. The first-order valence-electron chi connectivity index (χ1n) is 5.17. The van der Waals surface area contributed by atoms with Gasteiger partial charge in [0, 0.05) is 19.1 Å². The van der Waals surface area contributed by atoms with Crippen LogP contribution < -0.4 is 5.73 Å². The zero-order chi connectivity index (χ0) is 10.8. The highest BCUT2D eigenvalue weighted by Gasteiger charge is 2.31. The van der Waals surface area contributed by atoms with Crippen LogP contribution >= 0.6 is 0 Å². The van der Waals surface area contributed by atoms with E-state index in [-0.39, 0.29) is 18.3 Å². The Hall–Kier alpha value is -0.130. The molecule has 0 aromatic heterocycles. The highest BCUT2D eigenvalue weighted by Crippen LogP contribution is 2.24. The minimum atomic E-state index is -3.10. The van der Waals surface area contributed by atoms with Crippen LogP contribution in [0.4, 0.5) is 0 Å². The molecule has 0 amide bonds. The van der Waals surface area contributed by atoms with Gasteiger partial charge in [0.25, 0.3) is 0 Å². The Bertz CT molecular complexity index is 277. The maximum atomic E-state index is 11.7. The van der Waals surface area contributed by atoms with E-state index in [1.54, 1.807) is 4.31 Å². The molecule has 1 rings (SSSR count). The first kappa shape index (κ1) is 11.9. The molecule has 1 heterocycles. The quantitative estimate of drug-likeness (QED) is 0.748. The van der Waals surface area contributed by atoms with Gasteiger partial charge in [-0.1, -0.05) is 6.92 Å². The fraction of sp³-hybridized carbons (Fsp3) is 1.00. The van der Waals surface area contributed by atoms with Gasteiger partial charge < -0.3 is 5.73 Å². The monoisotopic (exact) mass is 220 g/mol. The summed E-state index contributed by atoms with van der Waals surface area (Å²) in [5, 5.41) is 0. The summed E-state index contributed by atoms with van der Waals surface area (Å²) in [7, 11) is -3.10. The molecule has 84 valence electrons. The lowest BCUT2D eigenvalue weighted by Crippen LogP contribution is -2.45. The van der Waals surface area contributed by atoms with Crippen molar-refractivity contribution in [3.05, 3.63) is 0 Å². The molecule has 0 aromatic rings. The second-order valence-corrected chi connectivity index (χ2v) is 6.24. The zero-order valence-electron chi connectivity index (χ0n) is 8.94. The molecule has 0 saturated carbocycles. The van der Waals surface area contributed by atoms with Crippen LogP contribution in [0, 0.1) is 5.92 Å². The van der Waals surface area contributed by atoms with Gasteiger partial charge in [-0.25, -0.2) is 8.42 Å². The van der Waals surface area contributed by atoms with E-state index in [0.29, 0.717) is 12.5 Å². The first-order chi connectivity index (χ1) is 6.47. The lowest BCUT2D eigenvalue weighted by Gasteiger charge is -2.35. The van der Waals surface area contributed by atoms with Crippen molar-refractivity contribution in [2.24, 2.45) is 11.7 Å². The van der Waals surface area contributed by atoms with Crippen molar-refractivity contribution in [3.63, 3.8) is 0 Å². The average molecular weight is 220 g/mol. The molecule has 0 radical (unpaired) electrons. The minimum absolute atomic E-state index is 0.0751. The van der Waals surface area contributed by atoms with E-state index in [2.05, 4.69) is 6.92 Å². The van der Waals surface area contributed by atoms with Crippen LogP contribution in [0.5, 0.6) is 0 Å². The van der Waals surface area contributed by atoms with Crippen LogP contribution in [-0.2, 0) is 10.0 Å². The molecule has 1 saturated heterocycles. The normalized spacial score (nSPS) is 30.5. The molecule has 0 spiro atoms. The average Bonchev–Trinajstić information content (AvgIpc) is 2.02. The van der Waals surface area contributed by atoms with E-state index in [4.69, 9.17) is 5.73 Å². The Morgan fingerprint density at radius 3 is 2.57 bits per heavy atom. The summed E-state index contributed by atoms with van der Waals surface area (Å²) in [6.07, 6.45) is 1.93. The van der Waals surface area contributed by atoms with Crippen LogP contribution in [-0.4, -0.2) is 37.6 Å². The molecule has 1 aliphatic heterocycles. The van der Waals surface area contributed by atoms with Gasteiger partial charge in [0.15, 0.2) is 0 Å². The van der Waals surface area contributed by atoms with E-state index in [1.165, 1.54) is 0 Å². The zero-order valence-corrected chi connectivity index (χ0v) is 9.76. The van der Waals surface area contributed by atoms with Crippen molar-refractivity contribution in [3.8, 4) is 0 Å². The third-order valence-corrected chi connectivity index (χ3v) is 4.82. The van der Waals surface area contributed by atoms with Gasteiger partial charge in [0.05, 0.1) is 5.75 Å². The van der Waals surface area contributed by atoms with Gasteiger partial charge in [-0.05, 0) is 25.7 Å². The van der Waals surface area contributed by atoms with E-state index < -0.39 is 10.0 Å². The summed E-state index contributed by atoms with van der Waals surface area (Å²) in [4.78, 5) is 0. The molecule has 2 atom stereocenters. The standard InChI is InChI=1S/C9H20N2O2S/c1-8-3-5-11(9(2)7-8)14(12,13)6-4-10/h8-9H,3-7,10H2,1-2H3. The molecule has 2 N–H and O–H groups in total. The molecule has 14 heavy (non-hydrogen) atoms. The van der Waals surface area contributed by atoms with E-state index in [0.717, 1.165) is 12.8 Å². The SMILES string of the molecule is CC1CCN(S(=O)(=O)CCN)C(C)C1. The smallest absolute Gasteiger partial charge is 0.215 e. The van der Waals surface area contributed by atoms with E-state index in [9.17, 15) is 8.42 Å². The molecular weight excluding hydrogens is 200 g/mol. The Kier molecular flexibility index (Phi) is 3.92. The molecule has 5 heteroatoms. The van der Waals surface area contributed by atoms with Crippen LogP contribution in [0.25, 0.3) is 0 Å². The third kappa shape index (κ3) is 2.68. The molecule has 1 fully saturated rings. The molecule has 4 nitrogen and oxygen atoms in total. The number of nitrogens with zero attached hydrogens (tertiary/aromatic N) is 1. The molecule has 2 unspecified atom stereocenters. The molecule has 1 aliphatic rings. The van der Waals surface area contributed by atoms with Crippen LogP contribution in [0.1, 0.15) is 26.7 Å².